The van der Waals surface area contributed by atoms with Gasteiger partial charge in [0.1, 0.15) is 6.10 Å². The van der Waals surface area contributed by atoms with Crippen LogP contribution in [-0.4, -0.2) is 45.9 Å². The molecular formula is C17H28FN3O2. The fraction of sp³-hybridized carbons (Fsp3) is 0.588. The molecule has 0 aromatic heterocycles. The normalized spacial score (nSPS) is 12.8. The number of hydrogen-bond donors (Lipinski definition) is 2. The molecule has 6 heteroatoms. The summed E-state index contributed by atoms with van der Waals surface area (Å²) in [7, 11) is 3.44. The number of ether oxygens (including phenoxy) is 2. The molecule has 1 aromatic rings. The average Bonchev–Trinajstić information content (AvgIpc) is 2.55. The van der Waals surface area contributed by atoms with Crippen molar-refractivity contribution in [3.05, 3.63) is 30.1 Å². The minimum absolute atomic E-state index is 0.174. The van der Waals surface area contributed by atoms with E-state index in [2.05, 4.69) is 15.6 Å². The smallest absolute Gasteiger partial charge is 0.191 e. The Morgan fingerprint density at radius 1 is 1.22 bits per heavy atom. The lowest BCUT2D eigenvalue weighted by Crippen LogP contribution is -2.42. The fourth-order valence-corrected chi connectivity index (χ4v) is 2.01. The highest BCUT2D eigenvalue weighted by molar-refractivity contribution is 5.79. The maximum Gasteiger partial charge on any atom is 0.191 e. The zero-order chi connectivity index (χ0) is 16.9. The van der Waals surface area contributed by atoms with Gasteiger partial charge in [-0.05, 0) is 38.3 Å². The highest BCUT2D eigenvalue weighted by atomic mass is 19.1. The molecule has 0 fully saturated rings. The van der Waals surface area contributed by atoms with Crippen LogP contribution in [-0.2, 0) is 4.74 Å². The SMILES string of the molecule is CN=C(NCCCCCOC)NCC(C)Oc1ccccc1F. The van der Waals surface area contributed by atoms with Crippen molar-refractivity contribution < 1.29 is 13.9 Å². The Balaban J connectivity index is 2.22. The monoisotopic (exact) mass is 325 g/mol. The van der Waals surface area contributed by atoms with Crippen molar-refractivity contribution in [2.24, 2.45) is 4.99 Å². The van der Waals surface area contributed by atoms with Gasteiger partial charge < -0.3 is 20.1 Å². The molecular weight excluding hydrogens is 297 g/mol. The first-order valence-electron chi connectivity index (χ1n) is 8.02. The van der Waals surface area contributed by atoms with E-state index >= 15 is 0 Å². The van der Waals surface area contributed by atoms with Crippen molar-refractivity contribution in [2.45, 2.75) is 32.3 Å². The summed E-state index contributed by atoms with van der Waals surface area (Å²) in [6, 6.07) is 6.41. The molecule has 1 aromatic carbocycles. The quantitative estimate of drug-likeness (QED) is 0.394. The van der Waals surface area contributed by atoms with Gasteiger partial charge in [0.15, 0.2) is 17.5 Å². The van der Waals surface area contributed by atoms with E-state index in [9.17, 15) is 4.39 Å². The van der Waals surface area contributed by atoms with Gasteiger partial charge in [0.2, 0.25) is 0 Å². The number of halogens is 1. The Kier molecular flexibility index (Phi) is 9.79. The van der Waals surface area contributed by atoms with Gasteiger partial charge in [0.25, 0.3) is 0 Å². The number of hydrogen-bond acceptors (Lipinski definition) is 3. The van der Waals surface area contributed by atoms with Gasteiger partial charge in [0, 0.05) is 27.3 Å². The molecule has 5 nitrogen and oxygen atoms in total. The molecule has 130 valence electrons. The number of nitrogens with one attached hydrogen (secondary N) is 2. The van der Waals surface area contributed by atoms with Gasteiger partial charge in [-0.3, -0.25) is 4.99 Å². The van der Waals surface area contributed by atoms with E-state index in [-0.39, 0.29) is 17.7 Å². The number of nitrogens with zero attached hydrogens (tertiary/aromatic N) is 1. The van der Waals surface area contributed by atoms with Crippen LogP contribution >= 0.6 is 0 Å². The second-order valence-corrected chi connectivity index (χ2v) is 5.29. The van der Waals surface area contributed by atoms with Gasteiger partial charge in [-0.2, -0.15) is 0 Å². The van der Waals surface area contributed by atoms with E-state index in [0.29, 0.717) is 6.54 Å². The van der Waals surface area contributed by atoms with Gasteiger partial charge >= 0.3 is 0 Å². The Morgan fingerprint density at radius 2 is 2.00 bits per heavy atom. The van der Waals surface area contributed by atoms with Crippen LogP contribution in [0.4, 0.5) is 4.39 Å². The molecule has 23 heavy (non-hydrogen) atoms. The van der Waals surface area contributed by atoms with Crippen LogP contribution in [0.1, 0.15) is 26.2 Å². The third-order valence-electron chi connectivity index (χ3n) is 3.26. The van der Waals surface area contributed by atoms with Crippen LogP contribution in [0, 0.1) is 5.82 Å². The molecule has 0 spiro atoms. The van der Waals surface area contributed by atoms with Crippen molar-refractivity contribution in [1.29, 1.82) is 0 Å². The summed E-state index contributed by atoms with van der Waals surface area (Å²) < 4.78 is 24.1. The summed E-state index contributed by atoms with van der Waals surface area (Å²) in [4.78, 5) is 4.16. The standard InChI is InChI=1S/C17H28FN3O2/c1-14(23-16-10-6-5-9-15(16)18)13-21-17(19-2)20-11-7-4-8-12-22-3/h5-6,9-10,14H,4,7-8,11-13H2,1-3H3,(H2,19,20,21). The van der Waals surface area contributed by atoms with Gasteiger partial charge in [-0.1, -0.05) is 12.1 Å². The maximum atomic E-state index is 13.5. The molecule has 1 unspecified atom stereocenters. The molecule has 0 aliphatic carbocycles. The summed E-state index contributed by atoms with van der Waals surface area (Å²) in [6.45, 7) is 4.08. The predicted octanol–water partition coefficient (Wildman–Crippen LogP) is 2.57. The highest BCUT2D eigenvalue weighted by Crippen LogP contribution is 2.16. The topological polar surface area (TPSA) is 54.9 Å². The number of benzene rings is 1. The zero-order valence-corrected chi connectivity index (χ0v) is 14.3. The number of unbranched alkanes of at least 4 members (excludes halogenated alkanes) is 2. The Morgan fingerprint density at radius 3 is 2.70 bits per heavy atom. The molecule has 0 radical (unpaired) electrons. The van der Waals surface area contributed by atoms with E-state index in [0.717, 1.165) is 38.4 Å². The van der Waals surface area contributed by atoms with E-state index in [1.165, 1.54) is 6.07 Å². The van der Waals surface area contributed by atoms with E-state index < -0.39 is 0 Å². The molecule has 1 atom stereocenters. The first-order chi connectivity index (χ1) is 11.2. The Bertz CT molecular complexity index is 469. The summed E-state index contributed by atoms with van der Waals surface area (Å²) in [5, 5.41) is 6.42. The first kappa shape index (κ1) is 19.2. The second-order valence-electron chi connectivity index (χ2n) is 5.29. The van der Waals surface area contributed by atoms with Gasteiger partial charge in [-0.25, -0.2) is 4.39 Å². The number of para-hydroxylation sites is 1. The lowest BCUT2D eigenvalue weighted by atomic mass is 10.2. The molecule has 1 rings (SSSR count). The van der Waals surface area contributed by atoms with Gasteiger partial charge in [0.05, 0.1) is 6.54 Å². The van der Waals surface area contributed by atoms with Crippen LogP contribution in [0.2, 0.25) is 0 Å². The van der Waals surface area contributed by atoms with Crippen LogP contribution in [0.15, 0.2) is 29.3 Å². The number of rotatable bonds is 10. The second kappa shape index (κ2) is 11.7. The zero-order valence-electron chi connectivity index (χ0n) is 14.3. The Labute approximate surface area is 138 Å². The number of methoxy groups -OCH3 is 1. The lowest BCUT2D eigenvalue weighted by Gasteiger charge is -2.18. The average molecular weight is 325 g/mol. The van der Waals surface area contributed by atoms with Crippen molar-refractivity contribution in [3.8, 4) is 5.75 Å². The van der Waals surface area contributed by atoms with E-state index in [4.69, 9.17) is 9.47 Å². The van der Waals surface area contributed by atoms with Crippen LogP contribution in [0.25, 0.3) is 0 Å². The molecule has 0 saturated carbocycles. The molecule has 0 bridgehead atoms. The first-order valence-corrected chi connectivity index (χ1v) is 8.02. The Hall–Kier alpha value is -1.82. The molecule has 0 amide bonds. The van der Waals surface area contributed by atoms with Crippen LogP contribution < -0.4 is 15.4 Å². The summed E-state index contributed by atoms with van der Waals surface area (Å²) in [5.41, 5.74) is 0. The number of aliphatic imine (C=N–C) groups is 1. The molecule has 0 saturated heterocycles. The summed E-state index contributed by atoms with van der Waals surface area (Å²) in [5.74, 6) is 0.640. The van der Waals surface area contributed by atoms with Crippen molar-refractivity contribution in [2.75, 3.05) is 33.9 Å². The highest BCUT2D eigenvalue weighted by Gasteiger charge is 2.08. The van der Waals surface area contributed by atoms with Crippen molar-refractivity contribution in [3.63, 3.8) is 0 Å². The third kappa shape index (κ3) is 8.40. The number of guanidine groups is 1. The maximum absolute atomic E-state index is 13.5. The summed E-state index contributed by atoms with van der Waals surface area (Å²) >= 11 is 0. The fourth-order valence-electron chi connectivity index (χ4n) is 2.01. The van der Waals surface area contributed by atoms with Crippen LogP contribution in [0.5, 0.6) is 5.75 Å². The largest absolute Gasteiger partial charge is 0.486 e. The lowest BCUT2D eigenvalue weighted by molar-refractivity contribution is 0.192. The minimum atomic E-state index is -0.349. The minimum Gasteiger partial charge on any atom is -0.486 e. The van der Waals surface area contributed by atoms with E-state index in [1.807, 2.05) is 6.92 Å². The summed E-state index contributed by atoms with van der Waals surface area (Å²) in [6.07, 6.45) is 3.07. The van der Waals surface area contributed by atoms with E-state index in [1.54, 1.807) is 32.4 Å². The molecule has 0 heterocycles. The molecule has 0 aliphatic heterocycles. The van der Waals surface area contributed by atoms with Crippen molar-refractivity contribution in [1.82, 2.24) is 10.6 Å². The molecule has 0 aliphatic rings. The van der Waals surface area contributed by atoms with Gasteiger partial charge in [-0.15, -0.1) is 0 Å². The third-order valence-corrected chi connectivity index (χ3v) is 3.26. The predicted molar refractivity (Wildman–Crippen MR) is 91.6 cm³/mol. The van der Waals surface area contributed by atoms with Crippen molar-refractivity contribution >= 4 is 5.96 Å². The van der Waals surface area contributed by atoms with Crippen LogP contribution in [0.3, 0.4) is 0 Å². The molecule has 2 N–H and O–H groups in total.